The smallest absolute Gasteiger partial charge is 0.406 e. The third-order valence-electron chi connectivity index (χ3n) is 2.85. The van der Waals surface area contributed by atoms with E-state index in [9.17, 15) is 10.1 Å². The van der Waals surface area contributed by atoms with Crippen molar-refractivity contribution in [3.8, 4) is 11.5 Å². The molecule has 0 fully saturated rings. The summed E-state index contributed by atoms with van der Waals surface area (Å²) in [5, 5.41) is 11.0. The van der Waals surface area contributed by atoms with Gasteiger partial charge in [0.1, 0.15) is 11.9 Å². The Morgan fingerprint density at radius 1 is 1.33 bits per heavy atom. The first-order valence-electron chi connectivity index (χ1n) is 6.12. The van der Waals surface area contributed by atoms with E-state index in [1.165, 1.54) is 12.3 Å². The summed E-state index contributed by atoms with van der Waals surface area (Å²) < 4.78 is 11.6. The highest BCUT2D eigenvalue weighted by molar-refractivity contribution is 9.10. The number of ether oxygens (including phenoxy) is 2. The molecule has 0 amide bonds. The Morgan fingerprint density at radius 3 is 2.71 bits per heavy atom. The van der Waals surface area contributed by atoms with Gasteiger partial charge in [0.25, 0.3) is 0 Å². The van der Waals surface area contributed by atoms with Crippen LogP contribution in [0.15, 0.2) is 41.0 Å². The number of rotatable bonds is 5. The van der Waals surface area contributed by atoms with Crippen molar-refractivity contribution in [2.75, 3.05) is 7.11 Å². The van der Waals surface area contributed by atoms with Crippen LogP contribution >= 0.6 is 15.9 Å². The second kappa shape index (κ2) is 6.53. The topological polar surface area (TPSA) is 74.5 Å². The summed E-state index contributed by atoms with van der Waals surface area (Å²) in [6.07, 6.45) is 0.939. The lowest BCUT2D eigenvalue weighted by Crippen LogP contribution is -2.07. The number of aromatic nitrogens is 1. The van der Waals surface area contributed by atoms with E-state index < -0.39 is 11.0 Å². The normalized spacial score (nSPS) is 11.8. The van der Waals surface area contributed by atoms with Gasteiger partial charge in [0.2, 0.25) is 5.75 Å². The number of hydrogen-bond donors (Lipinski definition) is 0. The van der Waals surface area contributed by atoms with Crippen LogP contribution in [-0.2, 0) is 0 Å². The minimum absolute atomic E-state index is 0.104. The Hall–Kier alpha value is -2.15. The summed E-state index contributed by atoms with van der Waals surface area (Å²) in [5.74, 6) is 0.448. The number of para-hydroxylation sites is 1. The van der Waals surface area contributed by atoms with Gasteiger partial charge in [-0.1, -0.05) is 18.2 Å². The molecule has 0 saturated carbocycles. The number of pyridine rings is 1. The molecule has 0 spiro atoms. The Kier molecular flexibility index (Phi) is 4.74. The summed E-state index contributed by atoms with van der Waals surface area (Å²) >= 11 is 3.23. The van der Waals surface area contributed by atoms with Crippen LogP contribution < -0.4 is 9.47 Å². The maximum Gasteiger partial charge on any atom is 0.406 e. The molecule has 2 aromatic rings. The van der Waals surface area contributed by atoms with Crippen molar-refractivity contribution < 1.29 is 14.4 Å². The number of halogens is 1. The van der Waals surface area contributed by atoms with Gasteiger partial charge in [-0.2, -0.15) is 0 Å². The van der Waals surface area contributed by atoms with Crippen molar-refractivity contribution >= 4 is 21.7 Å². The van der Waals surface area contributed by atoms with Gasteiger partial charge >= 0.3 is 5.82 Å². The quantitative estimate of drug-likeness (QED) is 0.602. The van der Waals surface area contributed by atoms with Crippen molar-refractivity contribution in [3.63, 3.8) is 0 Å². The first kappa shape index (κ1) is 15.2. The monoisotopic (exact) mass is 352 g/mol. The van der Waals surface area contributed by atoms with Crippen LogP contribution in [0.2, 0.25) is 0 Å². The molecule has 1 atom stereocenters. The highest BCUT2D eigenvalue weighted by Crippen LogP contribution is 2.33. The molecule has 0 aliphatic rings. The van der Waals surface area contributed by atoms with E-state index in [4.69, 9.17) is 9.47 Å². The van der Waals surface area contributed by atoms with Gasteiger partial charge in [-0.25, -0.2) is 0 Å². The largest absolute Gasteiger partial charge is 0.496 e. The third-order valence-corrected chi connectivity index (χ3v) is 3.29. The Balaban J connectivity index is 2.33. The second-order valence-electron chi connectivity index (χ2n) is 4.23. The molecule has 1 aromatic heterocycles. The molecule has 0 N–H and O–H groups in total. The van der Waals surface area contributed by atoms with Crippen LogP contribution in [0.5, 0.6) is 11.5 Å². The predicted molar refractivity (Wildman–Crippen MR) is 80.6 cm³/mol. The molecule has 21 heavy (non-hydrogen) atoms. The van der Waals surface area contributed by atoms with Crippen LogP contribution in [0.3, 0.4) is 0 Å². The molecule has 1 aromatic carbocycles. The van der Waals surface area contributed by atoms with Gasteiger partial charge in [0.05, 0.1) is 11.6 Å². The maximum atomic E-state index is 11.0. The molecule has 7 heteroatoms. The zero-order valence-electron chi connectivity index (χ0n) is 11.4. The fourth-order valence-electron chi connectivity index (χ4n) is 1.89. The molecular weight excluding hydrogens is 340 g/mol. The molecule has 1 heterocycles. The van der Waals surface area contributed by atoms with Gasteiger partial charge < -0.3 is 19.6 Å². The van der Waals surface area contributed by atoms with Gasteiger partial charge in [-0.3, -0.25) is 0 Å². The lowest BCUT2D eigenvalue weighted by atomic mass is 10.1. The van der Waals surface area contributed by atoms with E-state index >= 15 is 0 Å². The van der Waals surface area contributed by atoms with Crippen molar-refractivity contribution in [1.82, 2.24) is 4.98 Å². The third kappa shape index (κ3) is 3.49. The van der Waals surface area contributed by atoms with E-state index in [0.29, 0.717) is 10.2 Å². The van der Waals surface area contributed by atoms with Crippen LogP contribution in [0.4, 0.5) is 5.82 Å². The molecule has 0 unspecified atom stereocenters. The first-order valence-corrected chi connectivity index (χ1v) is 6.91. The van der Waals surface area contributed by atoms with Crippen molar-refractivity contribution in [2.24, 2.45) is 0 Å². The molecule has 0 bridgehead atoms. The zero-order chi connectivity index (χ0) is 15.4. The molecule has 0 aliphatic heterocycles. The molecule has 0 saturated heterocycles. The van der Waals surface area contributed by atoms with Crippen LogP contribution in [0.1, 0.15) is 18.6 Å². The highest BCUT2D eigenvalue weighted by Gasteiger charge is 2.21. The van der Waals surface area contributed by atoms with Crippen molar-refractivity contribution in [1.29, 1.82) is 0 Å². The van der Waals surface area contributed by atoms with Gasteiger partial charge in [-0.15, -0.1) is 0 Å². The SMILES string of the molecule is COc1ccccc1[C@@H](C)Oc1cc(Br)cnc1[N+](=O)[O-]. The van der Waals surface area contributed by atoms with E-state index in [2.05, 4.69) is 20.9 Å². The Morgan fingerprint density at radius 2 is 2.05 bits per heavy atom. The number of nitro groups is 1. The van der Waals surface area contributed by atoms with Crippen molar-refractivity contribution in [2.45, 2.75) is 13.0 Å². The molecule has 110 valence electrons. The minimum Gasteiger partial charge on any atom is -0.496 e. The van der Waals surface area contributed by atoms with E-state index in [0.717, 1.165) is 5.56 Å². The molecule has 0 aliphatic carbocycles. The lowest BCUT2D eigenvalue weighted by Gasteiger charge is -2.17. The fourth-order valence-corrected chi connectivity index (χ4v) is 2.20. The number of nitrogens with zero attached hydrogens (tertiary/aromatic N) is 2. The standard InChI is InChI=1S/C14H13BrN2O4/c1-9(11-5-3-4-6-12(11)20-2)21-13-7-10(15)8-16-14(13)17(18)19/h3-9H,1-2H3/t9-/m1/s1. The average molecular weight is 353 g/mol. The zero-order valence-corrected chi connectivity index (χ0v) is 13.0. The lowest BCUT2D eigenvalue weighted by molar-refractivity contribution is -0.390. The summed E-state index contributed by atoms with van der Waals surface area (Å²) in [6.45, 7) is 1.79. The number of methoxy groups -OCH3 is 1. The summed E-state index contributed by atoms with van der Waals surface area (Å²) in [5.41, 5.74) is 0.800. The first-order chi connectivity index (χ1) is 10.0. The Bertz CT molecular complexity index is 663. The van der Waals surface area contributed by atoms with Gasteiger partial charge in [-0.05, 0) is 38.8 Å². The predicted octanol–water partition coefficient (Wildman–Crippen LogP) is 3.90. The number of hydrogen-bond acceptors (Lipinski definition) is 5. The van der Waals surface area contributed by atoms with Crippen LogP contribution in [0.25, 0.3) is 0 Å². The summed E-state index contributed by atoms with van der Waals surface area (Å²) in [4.78, 5) is 14.2. The average Bonchev–Trinajstić information content (AvgIpc) is 2.46. The Labute approximate surface area is 130 Å². The molecular formula is C14H13BrN2O4. The summed E-state index contributed by atoms with van der Waals surface area (Å²) in [6, 6.07) is 8.88. The second-order valence-corrected chi connectivity index (χ2v) is 5.15. The van der Waals surface area contributed by atoms with E-state index in [-0.39, 0.29) is 11.6 Å². The molecule has 0 radical (unpaired) electrons. The van der Waals surface area contributed by atoms with Crippen molar-refractivity contribution in [3.05, 3.63) is 56.7 Å². The van der Waals surface area contributed by atoms with Gasteiger partial charge in [0.15, 0.2) is 6.20 Å². The van der Waals surface area contributed by atoms with Crippen LogP contribution in [-0.4, -0.2) is 17.0 Å². The molecule has 2 rings (SSSR count). The van der Waals surface area contributed by atoms with Crippen LogP contribution in [0, 0.1) is 10.1 Å². The highest BCUT2D eigenvalue weighted by atomic mass is 79.9. The maximum absolute atomic E-state index is 11.0. The van der Waals surface area contributed by atoms with E-state index in [1.54, 1.807) is 14.0 Å². The minimum atomic E-state index is -0.573. The fraction of sp³-hybridized carbons (Fsp3) is 0.214. The summed E-state index contributed by atoms with van der Waals surface area (Å²) in [7, 11) is 1.56. The van der Waals surface area contributed by atoms with E-state index in [1.807, 2.05) is 24.3 Å². The molecule has 6 nitrogen and oxygen atoms in total. The van der Waals surface area contributed by atoms with Gasteiger partial charge in [0, 0.05) is 11.6 Å². The number of benzene rings is 1.